The molecule has 0 amide bonds. The number of aryl methyl sites for hydroxylation is 1. The van der Waals surface area contributed by atoms with Gasteiger partial charge in [-0.1, -0.05) is 6.07 Å². The number of nitrogens with one attached hydrogen (secondary N) is 1. The Morgan fingerprint density at radius 3 is 2.50 bits per heavy atom. The molecule has 0 atom stereocenters. The van der Waals surface area contributed by atoms with E-state index < -0.39 is 9.84 Å². The number of tetrazole rings is 1. The lowest BCUT2D eigenvalue weighted by Gasteiger charge is -2.20. The number of sulfone groups is 1. The van der Waals surface area contributed by atoms with Crippen molar-refractivity contribution in [3.8, 4) is 22.9 Å². The third-order valence-corrected chi connectivity index (χ3v) is 5.24. The van der Waals surface area contributed by atoms with Crippen molar-refractivity contribution in [2.24, 2.45) is 0 Å². The van der Waals surface area contributed by atoms with E-state index in [9.17, 15) is 8.42 Å². The van der Waals surface area contributed by atoms with E-state index in [0.29, 0.717) is 22.9 Å². The molecule has 1 aliphatic rings. The summed E-state index contributed by atoms with van der Waals surface area (Å²) in [5.41, 5.74) is 1.40. The molecule has 8 heteroatoms. The minimum absolute atomic E-state index is 0.105. The van der Waals surface area contributed by atoms with Gasteiger partial charge in [-0.15, -0.1) is 10.2 Å². The second kappa shape index (κ2) is 4.38. The first kappa shape index (κ1) is 13.0. The zero-order valence-corrected chi connectivity index (χ0v) is 12.3. The quantitative estimate of drug-likeness (QED) is 0.578. The van der Waals surface area contributed by atoms with Crippen LogP contribution in [0.1, 0.15) is 5.56 Å². The Morgan fingerprint density at radius 2 is 1.77 bits per heavy atom. The molecule has 0 unspecified atom stereocenters. The van der Waals surface area contributed by atoms with Gasteiger partial charge in [0.15, 0.2) is 0 Å². The monoisotopic (exact) mass is 314 g/mol. The summed E-state index contributed by atoms with van der Waals surface area (Å²) in [5, 5.41) is 13.5. The minimum atomic E-state index is -3.65. The van der Waals surface area contributed by atoms with Crippen LogP contribution >= 0.6 is 0 Å². The van der Waals surface area contributed by atoms with Crippen LogP contribution in [0.4, 0.5) is 0 Å². The number of nitrogens with zero attached hydrogens (tertiary/aromatic N) is 3. The number of ether oxygens (including phenoxy) is 1. The largest absolute Gasteiger partial charge is 0.455 e. The molecule has 0 spiro atoms. The Bertz CT molecular complexity index is 981. The van der Waals surface area contributed by atoms with Gasteiger partial charge in [-0.2, -0.15) is 5.21 Å². The zero-order valence-electron chi connectivity index (χ0n) is 11.4. The van der Waals surface area contributed by atoms with Gasteiger partial charge in [0.05, 0.1) is 0 Å². The van der Waals surface area contributed by atoms with E-state index in [4.69, 9.17) is 4.74 Å². The molecule has 4 rings (SSSR count). The fourth-order valence-electron chi connectivity index (χ4n) is 2.37. The second-order valence-electron chi connectivity index (χ2n) is 4.95. The summed E-state index contributed by atoms with van der Waals surface area (Å²) in [7, 11) is -3.65. The number of hydrogen-bond donors (Lipinski definition) is 1. The van der Waals surface area contributed by atoms with Crippen LogP contribution in [0.5, 0.6) is 11.5 Å². The highest BCUT2D eigenvalue weighted by Gasteiger charge is 2.32. The van der Waals surface area contributed by atoms with Gasteiger partial charge in [-0.25, -0.2) is 8.42 Å². The maximum Gasteiger partial charge on any atom is 0.213 e. The maximum atomic E-state index is 12.8. The van der Waals surface area contributed by atoms with Gasteiger partial charge in [0.25, 0.3) is 0 Å². The Morgan fingerprint density at radius 1 is 1.05 bits per heavy atom. The molecule has 7 nitrogen and oxygen atoms in total. The lowest BCUT2D eigenvalue weighted by Crippen LogP contribution is -2.11. The number of rotatable bonds is 1. The molecule has 0 saturated carbocycles. The van der Waals surface area contributed by atoms with Gasteiger partial charge in [0.1, 0.15) is 21.3 Å². The number of benzene rings is 2. The van der Waals surface area contributed by atoms with Crippen LogP contribution in [0.15, 0.2) is 46.2 Å². The van der Waals surface area contributed by atoms with E-state index in [2.05, 4.69) is 20.6 Å². The molecule has 1 N–H and O–H groups in total. The average Bonchev–Trinajstić information content (AvgIpc) is 3.02. The van der Waals surface area contributed by atoms with Crippen molar-refractivity contribution in [3.63, 3.8) is 0 Å². The third-order valence-electron chi connectivity index (χ3n) is 3.45. The van der Waals surface area contributed by atoms with Crippen LogP contribution in [0, 0.1) is 6.92 Å². The van der Waals surface area contributed by atoms with E-state index in [1.54, 1.807) is 24.3 Å². The number of aromatic nitrogens is 4. The Labute approximate surface area is 125 Å². The number of aromatic amines is 1. The number of fused-ring (bicyclic) bond motifs is 2. The van der Waals surface area contributed by atoms with Crippen molar-refractivity contribution in [2.75, 3.05) is 0 Å². The Hall–Kier alpha value is -2.74. The number of H-pyrrole nitrogens is 1. The van der Waals surface area contributed by atoms with Gasteiger partial charge >= 0.3 is 0 Å². The summed E-state index contributed by atoms with van der Waals surface area (Å²) in [4.78, 5) is 0.276. The molecule has 0 saturated heterocycles. The molecule has 2 aromatic carbocycles. The van der Waals surface area contributed by atoms with Gasteiger partial charge < -0.3 is 4.74 Å². The molecule has 1 aliphatic heterocycles. The molecular weight excluding hydrogens is 304 g/mol. The van der Waals surface area contributed by atoms with Crippen molar-refractivity contribution in [2.45, 2.75) is 16.7 Å². The van der Waals surface area contributed by atoms with Crippen molar-refractivity contribution in [1.82, 2.24) is 20.6 Å². The fraction of sp³-hybridized carbons (Fsp3) is 0.0714. The first-order valence-corrected chi connectivity index (χ1v) is 7.95. The first-order valence-electron chi connectivity index (χ1n) is 6.47. The highest BCUT2D eigenvalue weighted by atomic mass is 32.2. The maximum absolute atomic E-state index is 12.8. The van der Waals surface area contributed by atoms with Crippen LogP contribution in [0.25, 0.3) is 11.4 Å². The second-order valence-corrected chi connectivity index (χ2v) is 6.84. The summed E-state index contributed by atoms with van der Waals surface area (Å²) in [6.45, 7) is 1.83. The van der Waals surface area contributed by atoms with Crippen LogP contribution in [-0.2, 0) is 9.84 Å². The normalized spacial score (nSPS) is 14.8. The van der Waals surface area contributed by atoms with Crippen molar-refractivity contribution >= 4 is 9.84 Å². The first-order chi connectivity index (χ1) is 10.6. The van der Waals surface area contributed by atoms with E-state index in [0.717, 1.165) is 5.56 Å². The smallest absolute Gasteiger partial charge is 0.213 e. The molecule has 2 heterocycles. The predicted molar refractivity (Wildman–Crippen MR) is 76.3 cm³/mol. The van der Waals surface area contributed by atoms with Crippen LogP contribution in [0.2, 0.25) is 0 Å². The van der Waals surface area contributed by atoms with E-state index in [-0.39, 0.29) is 9.79 Å². The Kier molecular flexibility index (Phi) is 2.58. The van der Waals surface area contributed by atoms with Crippen LogP contribution in [0.3, 0.4) is 0 Å². The average molecular weight is 314 g/mol. The van der Waals surface area contributed by atoms with Gasteiger partial charge in [-0.3, -0.25) is 0 Å². The molecule has 110 valence electrons. The molecule has 0 bridgehead atoms. The van der Waals surface area contributed by atoms with Crippen molar-refractivity contribution < 1.29 is 13.2 Å². The van der Waals surface area contributed by atoms with Crippen molar-refractivity contribution in [1.29, 1.82) is 0 Å². The lowest BCUT2D eigenvalue weighted by atomic mass is 10.2. The van der Waals surface area contributed by atoms with Gasteiger partial charge in [-0.05, 0) is 48.0 Å². The van der Waals surface area contributed by atoms with Crippen LogP contribution in [-0.4, -0.2) is 29.0 Å². The zero-order chi connectivity index (χ0) is 15.3. The highest BCUT2D eigenvalue weighted by Crippen LogP contribution is 2.43. The summed E-state index contributed by atoms with van der Waals surface area (Å²) < 4.78 is 31.3. The van der Waals surface area contributed by atoms with Gasteiger partial charge in [0, 0.05) is 5.56 Å². The van der Waals surface area contributed by atoms with E-state index in [1.165, 1.54) is 6.07 Å². The number of hydrogen-bond acceptors (Lipinski definition) is 6. The van der Waals surface area contributed by atoms with Crippen molar-refractivity contribution in [3.05, 3.63) is 42.0 Å². The van der Waals surface area contributed by atoms with Crippen LogP contribution < -0.4 is 4.74 Å². The standard InChI is InChI=1S/C14H10N4O3S/c1-8-2-4-10-12(6-8)22(19,20)13-7-9(3-5-11(13)21-10)14-15-17-18-16-14/h2-7H,1H3,(H,15,16,17,18). The molecule has 22 heavy (non-hydrogen) atoms. The fourth-order valence-corrected chi connectivity index (χ4v) is 3.98. The molecule has 0 radical (unpaired) electrons. The third kappa shape index (κ3) is 1.81. The summed E-state index contributed by atoms with van der Waals surface area (Å²) in [6, 6.07) is 9.88. The lowest BCUT2D eigenvalue weighted by molar-refractivity contribution is 0.443. The van der Waals surface area contributed by atoms with E-state index >= 15 is 0 Å². The molecule has 0 fully saturated rings. The SMILES string of the molecule is Cc1ccc2c(c1)S(=O)(=O)c1cc(-c3nn[nH]n3)ccc1O2. The van der Waals surface area contributed by atoms with Gasteiger partial charge in [0.2, 0.25) is 15.7 Å². The summed E-state index contributed by atoms with van der Waals surface area (Å²) in [5.74, 6) is 0.960. The van der Waals surface area contributed by atoms with E-state index in [1.807, 2.05) is 13.0 Å². The topological polar surface area (TPSA) is 97.8 Å². The highest BCUT2D eigenvalue weighted by molar-refractivity contribution is 7.91. The Balaban J connectivity index is 1.95. The summed E-state index contributed by atoms with van der Waals surface area (Å²) in [6.07, 6.45) is 0. The predicted octanol–water partition coefficient (Wildman–Crippen LogP) is 2.11. The molecule has 3 aromatic rings. The summed E-state index contributed by atoms with van der Waals surface area (Å²) >= 11 is 0. The minimum Gasteiger partial charge on any atom is -0.455 e. The molecule has 0 aliphatic carbocycles. The molecule has 1 aromatic heterocycles. The molecular formula is C14H10N4O3S.